The molecule has 0 saturated carbocycles. The van der Waals surface area contributed by atoms with Crippen LogP contribution < -0.4 is 0 Å². The van der Waals surface area contributed by atoms with Crippen molar-refractivity contribution in [3.63, 3.8) is 0 Å². The van der Waals surface area contributed by atoms with Gasteiger partial charge in [-0.15, -0.1) is 0 Å². The van der Waals surface area contributed by atoms with E-state index in [4.69, 9.17) is 11.6 Å². The van der Waals surface area contributed by atoms with Crippen LogP contribution in [-0.4, -0.2) is 20.1 Å². The van der Waals surface area contributed by atoms with Crippen molar-refractivity contribution in [1.29, 1.82) is 0 Å². The molecule has 112 valence electrons. The highest BCUT2D eigenvalue weighted by atomic mass is 35.5. The van der Waals surface area contributed by atoms with Gasteiger partial charge in [-0.25, -0.2) is 12.8 Å². The van der Waals surface area contributed by atoms with E-state index in [1.165, 1.54) is 24.3 Å². The van der Waals surface area contributed by atoms with E-state index in [2.05, 4.69) is 0 Å². The molecule has 1 unspecified atom stereocenters. The van der Waals surface area contributed by atoms with Gasteiger partial charge in [0.1, 0.15) is 11.1 Å². The smallest absolute Gasteiger partial charge is 0.163 e. The third-order valence-corrected chi connectivity index (χ3v) is 5.40. The van der Waals surface area contributed by atoms with Gasteiger partial charge in [0.05, 0.1) is 12.4 Å². The number of benzene rings is 2. The van der Waals surface area contributed by atoms with E-state index in [0.29, 0.717) is 16.1 Å². The van der Waals surface area contributed by atoms with Gasteiger partial charge in [-0.3, -0.25) is 0 Å². The highest BCUT2D eigenvalue weighted by molar-refractivity contribution is 7.90. The fourth-order valence-electron chi connectivity index (χ4n) is 2.02. The summed E-state index contributed by atoms with van der Waals surface area (Å²) < 4.78 is 37.7. The normalized spacial score (nSPS) is 13.1. The number of sulfone groups is 1. The number of hydrogen-bond donors (Lipinski definition) is 1. The molecule has 0 radical (unpaired) electrons. The molecule has 2 rings (SSSR count). The van der Waals surface area contributed by atoms with Gasteiger partial charge in [-0.05, 0) is 35.4 Å². The van der Waals surface area contributed by atoms with Crippen molar-refractivity contribution in [3.05, 3.63) is 70.5 Å². The lowest BCUT2D eigenvalue weighted by Gasteiger charge is -2.16. The van der Waals surface area contributed by atoms with Crippen LogP contribution >= 0.6 is 11.6 Å². The molecule has 2 aromatic rings. The fraction of sp³-hybridized carbons (Fsp3) is 0.200. The van der Waals surface area contributed by atoms with Crippen molar-refractivity contribution in [1.82, 2.24) is 0 Å². The highest BCUT2D eigenvalue weighted by Gasteiger charge is 2.26. The van der Waals surface area contributed by atoms with Crippen molar-refractivity contribution >= 4 is 21.4 Å². The summed E-state index contributed by atoms with van der Waals surface area (Å²) in [7, 11) is -3.62. The minimum atomic E-state index is -3.62. The molecule has 3 nitrogen and oxygen atoms in total. The van der Waals surface area contributed by atoms with E-state index >= 15 is 0 Å². The third-order valence-electron chi connectivity index (χ3n) is 3.12. The second-order valence-electron chi connectivity index (χ2n) is 4.66. The van der Waals surface area contributed by atoms with Crippen LogP contribution in [0.4, 0.5) is 4.39 Å². The lowest BCUT2D eigenvalue weighted by molar-refractivity contribution is 0.291. The first-order valence-electron chi connectivity index (χ1n) is 6.25. The summed E-state index contributed by atoms with van der Waals surface area (Å²) >= 11 is 5.76. The van der Waals surface area contributed by atoms with Gasteiger partial charge in [-0.2, -0.15) is 0 Å². The molecule has 6 heteroatoms. The second-order valence-corrected chi connectivity index (χ2v) is 7.28. The van der Waals surface area contributed by atoms with Crippen LogP contribution in [0.25, 0.3) is 0 Å². The van der Waals surface area contributed by atoms with Crippen LogP contribution in [0, 0.1) is 5.82 Å². The van der Waals surface area contributed by atoms with Crippen LogP contribution in [0.1, 0.15) is 16.4 Å². The summed E-state index contributed by atoms with van der Waals surface area (Å²) in [4.78, 5) is 0. The van der Waals surface area contributed by atoms with Gasteiger partial charge in [0.15, 0.2) is 9.84 Å². The second kappa shape index (κ2) is 6.56. The maximum absolute atomic E-state index is 12.9. The van der Waals surface area contributed by atoms with E-state index in [1.807, 2.05) is 0 Å². The van der Waals surface area contributed by atoms with Crippen LogP contribution in [0.2, 0.25) is 5.02 Å². The molecule has 0 heterocycles. The van der Waals surface area contributed by atoms with Crippen molar-refractivity contribution in [2.45, 2.75) is 11.0 Å². The zero-order valence-electron chi connectivity index (χ0n) is 11.0. The van der Waals surface area contributed by atoms with Gasteiger partial charge < -0.3 is 5.11 Å². The quantitative estimate of drug-likeness (QED) is 0.917. The van der Waals surface area contributed by atoms with Gasteiger partial charge in [0, 0.05) is 5.02 Å². The number of aliphatic hydroxyl groups excluding tert-OH is 1. The summed E-state index contributed by atoms with van der Waals surface area (Å²) in [6.45, 7) is -0.554. The maximum Gasteiger partial charge on any atom is 0.163 e. The molecule has 0 fully saturated rings. The lowest BCUT2D eigenvalue weighted by Crippen LogP contribution is -2.19. The first kappa shape index (κ1) is 15.9. The van der Waals surface area contributed by atoms with Crippen molar-refractivity contribution in [3.8, 4) is 0 Å². The molecule has 1 atom stereocenters. The Balaban J connectivity index is 2.27. The Morgan fingerprint density at radius 2 is 1.62 bits per heavy atom. The van der Waals surface area contributed by atoms with E-state index in [-0.39, 0.29) is 5.75 Å². The lowest BCUT2D eigenvalue weighted by atomic mass is 10.1. The number of rotatable bonds is 5. The van der Waals surface area contributed by atoms with Gasteiger partial charge in [-0.1, -0.05) is 35.9 Å². The van der Waals surface area contributed by atoms with E-state index in [0.717, 1.165) is 0 Å². The molecule has 0 bridgehead atoms. The van der Waals surface area contributed by atoms with Crippen LogP contribution in [0.5, 0.6) is 0 Å². The third kappa shape index (κ3) is 4.03. The first-order valence-corrected chi connectivity index (χ1v) is 8.34. The zero-order valence-corrected chi connectivity index (χ0v) is 12.6. The maximum atomic E-state index is 12.9. The highest BCUT2D eigenvalue weighted by Crippen LogP contribution is 2.26. The van der Waals surface area contributed by atoms with E-state index in [1.54, 1.807) is 24.3 Å². The molecule has 0 aliphatic rings. The number of aliphatic hydroxyl groups is 1. The Bertz CT molecular complexity index is 697. The summed E-state index contributed by atoms with van der Waals surface area (Å²) in [5, 5.41) is 8.86. The Labute approximate surface area is 127 Å². The molecular weight excluding hydrogens is 315 g/mol. The predicted octanol–water partition coefficient (Wildman–Crippen LogP) is 3.13. The minimum absolute atomic E-state index is 0.216. The molecule has 2 aromatic carbocycles. The zero-order chi connectivity index (χ0) is 15.5. The largest absolute Gasteiger partial charge is 0.395 e. The van der Waals surface area contributed by atoms with Crippen molar-refractivity contribution in [2.75, 3.05) is 6.61 Å². The average Bonchev–Trinajstić information content (AvgIpc) is 2.44. The fourth-order valence-corrected chi connectivity index (χ4v) is 3.80. The molecule has 0 amide bonds. The first-order chi connectivity index (χ1) is 9.92. The van der Waals surface area contributed by atoms with Crippen LogP contribution in [0.15, 0.2) is 48.5 Å². The minimum Gasteiger partial charge on any atom is -0.395 e. The van der Waals surface area contributed by atoms with E-state index in [9.17, 15) is 17.9 Å². The monoisotopic (exact) mass is 328 g/mol. The Kier molecular flexibility index (Phi) is 4.98. The standard InChI is InChI=1S/C15H14ClFO3S/c16-13-5-1-11(2-6-13)10-21(19,20)15(9-18)12-3-7-14(17)8-4-12/h1-8,15,18H,9-10H2. The Hall–Kier alpha value is -1.43. The Morgan fingerprint density at radius 3 is 2.14 bits per heavy atom. The van der Waals surface area contributed by atoms with Crippen LogP contribution in [0.3, 0.4) is 0 Å². The molecule has 21 heavy (non-hydrogen) atoms. The molecular formula is C15H14ClFO3S. The molecule has 0 saturated heterocycles. The molecule has 0 aromatic heterocycles. The molecule has 0 aliphatic carbocycles. The molecule has 0 aliphatic heterocycles. The van der Waals surface area contributed by atoms with Crippen molar-refractivity contribution in [2.24, 2.45) is 0 Å². The topological polar surface area (TPSA) is 54.4 Å². The van der Waals surface area contributed by atoms with Gasteiger partial charge in [0.25, 0.3) is 0 Å². The van der Waals surface area contributed by atoms with Crippen LogP contribution in [-0.2, 0) is 15.6 Å². The average molecular weight is 329 g/mol. The Morgan fingerprint density at radius 1 is 1.05 bits per heavy atom. The summed E-state index contributed by atoms with van der Waals surface area (Å²) in [5.41, 5.74) is 0.952. The van der Waals surface area contributed by atoms with Crippen molar-refractivity contribution < 1.29 is 17.9 Å². The van der Waals surface area contributed by atoms with Gasteiger partial charge >= 0.3 is 0 Å². The van der Waals surface area contributed by atoms with E-state index < -0.39 is 27.5 Å². The summed E-state index contributed by atoms with van der Waals surface area (Å²) in [6, 6.07) is 11.6. The number of hydrogen-bond acceptors (Lipinski definition) is 3. The molecule has 1 N–H and O–H groups in total. The summed E-state index contributed by atoms with van der Waals surface area (Å²) in [6.07, 6.45) is 0. The SMILES string of the molecule is O=S(=O)(Cc1ccc(Cl)cc1)C(CO)c1ccc(F)cc1. The summed E-state index contributed by atoms with van der Waals surface area (Å²) in [5.74, 6) is -0.669. The van der Waals surface area contributed by atoms with Gasteiger partial charge in [0.2, 0.25) is 0 Å². The number of halogens is 2. The molecule has 0 spiro atoms. The predicted molar refractivity (Wildman–Crippen MR) is 80.3 cm³/mol.